The summed E-state index contributed by atoms with van der Waals surface area (Å²) in [5.74, 6) is 0.771. The van der Waals surface area contributed by atoms with Gasteiger partial charge in [-0.15, -0.1) is 0 Å². The first-order chi connectivity index (χ1) is 9.21. The third kappa shape index (κ3) is 3.71. The minimum absolute atomic E-state index is 0.427. The van der Waals surface area contributed by atoms with E-state index in [0.717, 1.165) is 25.7 Å². The lowest BCUT2D eigenvalue weighted by atomic mass is 9.87. The topological polar surface area (TPSA) is 24.5 Å². The van der Waals surface area contributed by atoms with E-state index in [4.69, 9.17) is 4.74 Å². The van der Waals surface area contributed by atoms with E-state index in [1.807, 2.05) is 0 Å². The molecule has 2 fully saturated rings. The summed E-state index contributed by atoms with van der Waals surface area (Å²) >= 11 is 0. The Hall–Kier alpha value is -0.120. The van der Waals surface area contributed by atoms with Crippen LogP contribution < -0.4 is 5.32 Å². The molecule has 3 nitrogen and oxygen atoms in total. The molecule has 1 saturated carbocycles. The second-order valence-electron chi connectivity index (χ2n) is 6.49. The standard InChI is InChI=1S/C16H32N2O/c1-4-14(3)15-12-17-16(8-6-7-9-16)13-18(15)10-11-19-5-2/h14-15,17H,4-13H2,1-3H3. The summed E-state index contributed by atoms with van der Waals surface area (Å²) in [6.45, 7) is 12.0. The predicted molar refractivity (Wildman–Crippen MR) is 80.5 cm³/mol. The molecule has 1 saturated heterocycles. The molecule has 1 heterocycles. The molecule has 2 unspecified atom stereocenters. The molecule has 2 atom stereocenters. The van der Waals surface area contributed by atoms with Gasteiger partial charge in [0.2, 0.25) is 0 Å². The highest BCUT2D eigenvalue weighted by Gasteiger charge is 2.41. The van der Waals surface area contributed by atoms with Crippen LogP contribution in [0, 0.1) is 5.92 Å². The van der Waals surface area contributed by atoms with Gasteiger partial charge >= 0.3 is 0 Å². The zero-order valence-corrected chi connectivity index (χ0v) is 13.1. The van der Waals surface area contributed by atoms with E-state index < -0.39 is 0 Å². The fourth-order valence-electron chi connectivity index (χ4n) is 3.80. The maximum absolute atomic E-state index is 5.59. The third-order valence-corrected chi connectivity index (χ3v) is 5.25. The number of nitrogens with zero attached hydrogens (tertiary/aromatic N) is 1. The Morgan fingerprint density at radius 2 is 2.05 bits per heavy atom. The highest BCUT2D eigenvalue weighted by atomic mass is 16.5. The van der Waals surface area contributed by atoms with Crippen molar-refractivity contribution in [1.29, 1.82) is 0 Å². The zero-order chi connectivity index (χ0) is 13.7. The van der Waals surface area contributed by atoms with Crippen molar-refractivity contribution in [2.45, 2.75) is 64.5 Å². The van der Waals surface area contributed by atoms with Gasteiger partial charge in [0.05, 0.1) is 6.61 Å². The first kappa shape index (κ1) is 15.3. The molecule has 2 aliphatic rings. The van der Waals surface area contributed by atoms with Crippen molar-refractivity contribution in [3.63, 3.8) is 0 Å². The minimum Gasteiger partial charge on any atom is -0.380 e. The molecular formula is C16H32N2O. The lowest BCUT2D eigenvalue weighted by Gasteiger charge is -2.48. The molecule has 0 aromatic carbocycles. The Kier molecular flexibility index (Phi) is 5.67. The molecule has 0 bridgehead atoms. The molecule has 0 aromatic heterocycles. The summed E-state index contributed by atoms with van der Waals surface area (Å²) in [5.41, 5.74) is 0.427. The van der Waals surface area contributed by atoms with Crippen LogP contribution in [0.2, 0.25) is 0 Å². The molecule has 1 N–H and O–H groups in total. The number of ether oxygens (including phenoxy) is 1. The van der Waals surface area contributed by atoms with Crippen molar-refractivity contribution in [1.82, 2.24) is 10.2 Å². The largest absolute Gasteiger partial charge is 0.380 e. The number of hydrogen-bond acceptors (Lipinski definition) is 3. The van der Waals surface area contributed by atoms with Crippen molar-refractivity contribution < 1.29 is 4.74 Å². The van der Waals surface area contributed by atoms with Crippen LogP contribution in [0.15, 0.2) is 0 Å². The smallest absolute Gasteiger partial charge is 0.0593 e. The molecule has 2 rings (SSSR count). The van der Waals surface area contributed by atoms with Crippen LogP contribution in [0.4, 0.5) is 0 Å². The molecule has 19 heavy (non-hydrogen) atoms. The summed E-state index contributed by atoms with van der Waals surface area (Å²) in [7, 11) is 0. The molecule has 1 aliphatic heterocycles. The van der Waals surface area contributed by atoms with Gasteiger partial charge in [-0.1, -0.05) is 33.1 Å². The number of rotatable bonds is 6. The van der Waals surface area contributed by atoms with Crippen molar-refractivity contribution in [3.8, 4) is 0 Å². The average Bonchev–Trinajstić information content (AvgIpc) is 2.87. The molecular weight excluding hydrogens is 236 g/mol. The highest BCUT2D eigenvalue weighted by Crippen LogP contribution is 2.34. The maximum Gasteiger partial charge on any atom is 0.0593 e. The molecule has 3 heteroatoms. The molecule has 112 valence electrons. The number of hydrogen-bond donors (Lipinski definition) is 1. The van der Waals surface area contributed by atoms with Gasteiger partial charge in [-0.25, -0.2) is 0 Å². The van der Waals surface area contributed by atoms with E-state index in [9.17, 15) is 0 Å². The van der Waals surface area contributed by atoms with Crippen molar-refractivity contribution >= 4 is 0 Å². The summed E-state index contributed by atoms with van der Waals surface area (Å²) < 4.78 is 5.59. The summed E-state index contributed by atoms with van der Waals surface area (Å²) in [6, 6.07) is 0.691. The van der Waals surface area contributed by atoms with Gasteiger partial charge in [0.15, 0.2) is 0 Å². The second-order valence-corrected chi connectivity index (χ2v) is 6.49. The highest BCUT2D eigenvalue weighted by molar-refractivity contribution is 5.01. The fourth-order valence-corrected chi connectivity index (χ4v) is 3.80. The van der Waals surface area contributed by atoms with Crippen LogP contribution in [0.25, 0.3) is 0 Å². The maximum atomic E-state index is 5.59. The van der Waals surface area contributed by atoms with E-state index in [1.54, 1.807) is 0 Å². The Bertz CT molecular complexity index is 263. The third-order valence-electron chi connectivity index (χ3n) is 5.25. The second kappa shape index (κ2) is 7.05. The normalized spacial score (nSPS) is 28.9. The zero-order valence-electron chi connectivity index (χ0n) is 13.1. The van der Waals surface area contributed by atoms with Gasteiger partial charge in [-0.2, -0.15) is 0 Å². The van der Waals surface area contributed by atoms with Crippen molar-refractivity contribution in [3.05, 3.63) is 0 Å². The predicted octanol–water partition coefficient (Wildman–Crippen LogP) is 2.66. The van der Waals surface area contributed by atoms with E-state index in [2.05, 4.69) is 31.0 Å². The Balaban J connectivity index is 1.96. The van der Waals surface area contributed by atoms with Gasteiger partial charge in [-0.05, 0) is 25.7 Å². The molecule has 0 amide bonds. The quantitative estimate of drug-likeness (QED) is 0.750. The molecule has 1 spiro atoms. The SMILES string of the molecule is CCOCCN1CC2(CCCC2)NCC1C(C)CC. The Labute approximate surface area is 119 Å². The van der Waals surface area contributed by atoms with Gasteiger partial charge in [0.1, 0.15) is 0 Å². The van der Waals surface area contributed by atoms with Crippen LogP contribution in [0.3, 0.4) is 0 Å². The van der Waals surface area contributed by atoms with Crippen LogP contribution in [-0.2, 0) is 4.74 Å². The van der Waals surface area contributed by atoms with Crippen LogP contribution in [0.1, 0.15) is 52.9 Å². The molecule has 0 radical (unpaired) electrons. The average molecular weight is 268 g/mol. The molecule has 0 aromatic rings. The number of nitrogens with one attached hydrogen (secondary N) is 1. The summed E-state index contributed by atoms with van der Waals surface area (Å²) in [4.78, 5) is 2.71. The number of piperazine rings is 1. The monoisotopic (exact) mass is 268 g/mol. The van der Waals surface area contributed by atoms with Gasteiger partial charge in [0.25, 0.3) is 0 Å². The summed E-state index contributed by atoms with van der Waals surface area (Å²) in [5, 5.41) is 3.90. The Morgan fingerprint density at radius 3 is 2.68 bits per heavy atom. The minimum atomic E-state index is 0.427. The van der Waals surface area contributed by atoms with Gasteiger partial charge in [0, 0.05) is 37.8 Å². The van der Waals surface area contributed by atoms with Crippen LogP contribution in [0.5, 0.6) is 0 Å². The van der Waals surface area contributed by atoms with Gasteiger partial charge < -0.3 is 10.1 Å². The lowest BCUT2D eigenvalue weighted by Crippen LogP contribution is -2.64. The fraction of sp³-hybridized carbons (Fsp3) is 1.00. The first-order valence-electron chi connectivity index (χ1n) is 8.27. The van der Waals surface area contributed by atoms with E-state index in [-0.39, 0.29) is 0 Å². The Morgan fingerprint density at radius 1 is 1.32 bits per heavy atom. The van der Waals surface area contributed by atoms with Crippen molar-refractivity contribution in [2.24, 2.45) is 5.92 Å². The van der Waals surface area contributed by atoms with Crippen LogP contribution in [-0.4, -0.2) is 49.3 Å². The van der Waals surface area contributed by atoms with Crippen LogP contribution >= 0.6 is 0 Å². The van der Waals surface area contributed by atoms with E-state index in [0.29, 0.717) is 11.6 Å². The lowest BCUT2D eigenvalue weighted by molar-refractivity contribution is 0.0247. The first-order valence-corrected chi connectivity index (χ1v) is 8.27. The summed E-state index contributed by atoms with van der Waals surface area (Å²) in [6.07, 6.45) is 6.81. The van der Waals surface area contributed by atoms with Crippen molar-refractivity contribution in [2.75, 3.05) is 32.8 Å². The van der Waals surface area contributed by atoms with Gasteiger partial charge in [-0.3, -0.25) is 4.90 Å². The molecule has 1 aliphatic carbocycles. The van der Waals surface area contributed by atoms with E-state index in [1.165, 1.54) is 45.2 Å². The van der Waals surface area contributed by atoms with E-state index >= 15 is 0 Å².